The molecule has 1 aromatic rings. The standard InChI is InChI=1S/C16H25N3O2/c1-4-7-17-14-11-13(10-12(2)18-14)15(20)19-16(3)5-8-21-9-6-16/h10-11H,4-9H2,1-3H3,(H,17,18)(H,19,20). The van der Waals surface area contributed by atoms with Gasteiger partial charge in [-0.05, 0) is 45.2 Å². The molecule has 2 heterocycles. The van der Waals surface area contributed by atoms with Gasteiger partial charge < -0.3 is 15.4 Å². The number of nitrogens with one attached hydrogen (secondary N) is 2. The van der Waals surface area contributed by atoms with Gasteiger partial charge in [-0.1, -0.05) is 6.92 Å². The Bertz CT molecular complexity index is 496. The molecule has 1 amide bonds. The van der Waals surface area contributed by atoms with E-state index in [2.05, 4.69) is 29.5 Å². The van der Waals surface area contributed by atoms with E-state index in [1.165, 1.54) is 0 Å². The van der Waals surface area contributed by atoms with Crippen molar-refractivity contribution in [3.8, 4) is 0 Å². The van der Waals surface area contributed by atoms with Crippen LogP contribution in [0.4, 0.5) is 5.82 Å². The van der Waals surface area contributed by atoms with E-state index in [9.17, 15) is 4.79 Å². The van der Waals surface area contributed by atoms with Crippen molar-refractivity contribution >= 4 is 11.7 Å². The molecular formula is C16H25N3O2. The molecule has 2 rings (SSSR count). The Morgan fingerprint density at radius 3 is 2.76 bits per heavy atom. The van der Waals surface area contributed by atoms with Crippen LogP contribution in [0.2, 0.25) is 0 Å². The fourth-order valence-electron chi connectivity index (χ4n) is 2.44. The Hall–Kier alpha value is -1.62. The number of aryl methyl sites for hydroxylation is 1. The Morgan fingerprint density at radius 1 is 1.38 bits per heavy atom. The number of carbonyl (C=O) groups excluding carboxylic acids is 1. The minimum atomic E-state index is -0.177. The smallest absolute Gasteiger partial charge is 0.251 e. The summed E-state index contributed by atoms with van der Waals surface area (Å²) in [6, 6.07) is 3.65. The highest BCUT2D eigenvalue weighted by Gasteiger charge is 2.29. The van der Waals surface area contributed by atoms with Gasteiger partial charge in [0.15, 0.2) is 0 Å². The summed E-state index contributed by atoms with van der Waals surface area (Å²) in [7, 11) is 0. The second-order valence-corrected chi connectivity index (χ2v) is 5.94. The molecule has 0 saturated carbocycles. The second-order valence-electron chi connectivity index (χ2n) is 5.94. The van der Waals surface area contributed by atoms with Crippen molar-refractivity contribution in [2.75, 3.05) is 25.1 Å². The average Bonchev–Trinajstić information content (AvgIpc) is 2.45. The number of carbonyl (C=O) groups is 1. The van der Waals surface area contributed by atoms with Crippen molar-refractivity contribution < 1.29 is 9.53 Å². The summed E-state index contributed by atoms with van der Waals surface area (Å²) in [6.07, 6.45) is 2.72. The van der Waals surface area contributed by atoms with Gasteiger partial charge in [-0.3, -0.25) is 4.79 Å². The molecule has 1 aliphatic rings. The molecule has 2 N–H and O–H groups in total. The van der Waals surface area contributed by atoms with Crippen LogP contribution in [0.25, 0.3) is 0 Å². The first kappa shape index (κ1) is 15.8. The molecule has 0 unspecified atom stereocenters. The van der Waals surface area contributed by atoms with Crippen LogP contribution in [0.5, 0.6) is 0 Å². The van der Waals surface area contributed by atoms with E-state index in [1.54, 1.807) is 0 Å². The summed E-state index contributed by atoms with van der Waals surface area (Å²) in [4.78, 5) is 16.9. The normalized spacial score (nSPS) is 17.3. The van der Waals surface area contributed by atoms with Crippen LogP contribution in [0.15, 0.2) is 12.1 Å². The molecule has 5 nitrogen and oxygen atoms in total. The summed E-state index contributed by atoms with van der Waals surface area (Å²) in [5.74, 6) is 0.726. The van der Waals surface area contributed by atoms with Crippen molar-refractivity contribution in [1.29, 1.82) is 0 Å². The zero-order valence-electron chi connectivity index (χ0n) is 13.2. The van der Waals surface area contributed by atoms with Gasteiger partial charge in [0.05, 0.1) is 0 Å². The van der Waals surface area contributed by atoms with Crippen molar-refractivity contribution in [3.05, 3.63) is 23.4 Å². The third kappa shape index (κ3) is 4.43. The zero-order valence-corrected chi connectivity index (χ0v) is 13.2. The van der Waals surface area contributed by atoms with E-state index < -0.39 is 0 Å². The molecule has 0 spiro atoms. The first-order valence-corrected chi connectivity index (χ1v) is 7.65. The van der Waals surface area contributed by atoms with Gasteiger partial charge in [-0.15, -0.1) is 0 Å². The van der Waals surface area contributed by atoms with Crippen molar-refractivity contribution in [2.45, 2.75) is 45.6 Å². The number of hydrogen-bond donors (Lipinski definition) is 2. The van der Waals surface area contributed by atoms with Gasteiger partial charge in [0.1, 0.15) is 5.82 Å². The van der Waals surface area contributed by atoms with Gasteiger partial charge >= 0.3 is 0 Å². The third-order valence-corrected chi connectivity index (χ3v) is 3.78. The molecule has 21 heavy (non-hydrogen) atoms. The lowest BCUT2D eigenvalue weighted by Crippen LogP contribution is -2.49. The van der Waals surface area contributed by atoms with Gasteiger partial charge in [-0.25, -0.2) is 4.98 Å². The Balaban J connectivity index is 2.09. The number of nitrogens with zero attached hydrogens (tertiary/aromatic N) is 1. The summed E-state index contributed by atoms with van der Waals surface area (Å²) >= 11 is 0. The lowest BCUT2D eigenvalue weighted by Gasteiger charge is -2.34. The van der Waals surface area contributed by atoms with Gasteiger partial charge in [0.2, 0.25) is 0 Å². The van der Waals surface area contributed by atoms with E-state index in [1.807, 2.05) is 19.1 Å². The Kier molecular flexibility index (Phi) is 5.17. The van der Waals surface area contributed by atoms with Crippen molar-refractivity contribution in [2.24, 2.45) is 0 Å². The van der Waals surface area contributed by atoms with Crippen molar-refractivity contribution in [3.63, 3.8) is 0 Å². The molecule has 0 aliphatic carbocycles. The number of rotatable bonds is 5. The molecule has 0 atom stereocenters. The largest absolute Gasteiger partial charge is 0.381 e. The van der Waals surface area contributed by atoms with Crippen LogP contribution in [-0.2, 0) is 4.74 Å². The molecule has 0 aromatic carbocycles. The maximum atomic E-state index is 12.5. The van der Waals surface area contributed by atoms with Gasteiger partial charge in [0, 0.05) is 36.6 Å². The molecule has 1 aromatic heterocycles. The van der Waals surface area contributed by atoms with E-state index in [0.29, 0.717) is 18.8 Å². The van der Waals surface area contributed by atoms with E-state index in [4.69, 9.17) is 4.74 Å². The van der Waals surface area contributed by atoms with Crippen LogP contribution >= 0.6 is 0 Å². The van der Waals surface area contributed by atoms with E-state index in [0.717, 1.165) is 37.3 Å². The number of ether oxygens (including phenoxy) is 1. The highest BCUT2D eigenvalue weighted by Crippen LogP contribution is 2.21. The Morgan fingerprint density at radius 2 is 2.10 bits per heavy atom. The highest BCUT2D eigenvalue weighted by molar-refractivity contribution is 5.95. The predicted octanol–water partition coefficient (Wildman–Crippen LogP) is 2.51. The summed E-state index contributed by atoms with van der Waals surface area (Å²) < 4.78 is 5.36. The molecule has 0 bridgehead atoms. The Labute approximate surface area is 126 Å². The van der Waals surface area contributed by atoms with Crippen LogP contribution < -0.4 is 10.6 Å². The average molecular weight is 291 g/mol. The summed E-state index contributed by atoms with van der Waals surface area (Å²) in [5, 5.41) is 6.38. The monoisotopic (exact) mass is 291 g/mol. The number of aromatic nitrogens is 1. The lowest BCUT2D eigenvalue weighted by molar-refractivity contribution is 0.0423. The first-order valence-electron chi connectivity index (χ1n) is 7.65. The molecule has 1 saturated heterocycles. The maximum Gasteiger partial charge on any atom is 0.251 e. The molecule has 0 radical (unpaired) electrons. The number of hydrogen-bond acceptors (Lipinski definition) is 4. The topological polar surface area (TPSA) is 63.2 Å². The fourth-order valence-corrected chi connectivity index (χ4v) is 2.44. The second kappa shape index (κ2) is 6.89. The predicted molar refractivity (Wildman–Crippen MR) is 83.7 cm³/mol. The van der Waals surface area contributed by atoms with Gasteiger partial charge in [0.25, 0.3) is 5.91 Å². The number of amides is 1. The molecule has 1 fully saturated rings. The summed E-state index contributed by atoms with van der Waals surface area (Å²) in [5.41, 5.74) is 1.33. The summed E-state index contributed by atoms with van der Waals surface area (Å²) in [6.45, 7) is 8.35. The SMILES string of the molecule is CCCNc1cc(C(=O)NC2(C)CCOCC2)cc(C)n1. The molecule has 116 valence electrons. The minimum Gasteiger partial charge on any atom is -0.381 e. The zero-order chi connectivity index (χ0) is 15.3. The molecule has 5 heteroatoms. The van der Waals surface area contributed by atoms with E-state index >= 15 is 0 Å². The maximum absolute atomic E-state index is 12.5. The van der Waals surface area contributed by atoms with Crippen LogP contribution in [-0.4, -0.2) is 36.2 Å². The van der Waals surface area contributed by atoms with Crippen molar-refractivity contribution in [1.82, 2.24) is 10.3 Å². The molecular weight excluding hydrogens is 266 g/mol. The van der Waals surface area contributed by atoms with Crippen LogP contribution in [0.1, 0.15) is 49.2 Å². The molecule has 1 aliphatic heterocycles. The quantitative estimate of drug-likeness (QED) is 0.875. The number of anilines is 1. The number of pyridine rings is 1. The lowest BCUT2D eigenvalue weighted by atomic mass is 9.92. The highest BCUT2D eigenvalue weighted by atomic mass is 16.5. The third-order valence-electron chi connectivity index (χ3n) is 3.78. The minimum absolute atomic E-state index is 0.0375. The first-order chi connectivity index (χ1) is 10.0. The van der Waals surface area contributed by atoms with Crippen LogP contribution in [0, 0.1) is 6.92 Å². The van der Waals surface area contributed by atoms with Crippen LogP contribution in [0.3, 0.4) is 0 Å². The van der Waals surface area contributed by atoms with Gasteiger partial charge in [-0.2, -0.15) is 0 Å². The fraction of sp³-hybridized carbons (Fsp3) is 0.625. The van der Waals surface area contributed by atoms with E-state index in [-0.39, 0.29) is 11.4 Å².